The van der Waals surface area contributed by atoms with Gasteiger partial charge in [0.15, 0.2) is 17.7 Å². The van der Waals surface area contributed by atoms with E-state index in [1.54, 1.807) is 24.5 Å². The Kier molecular flexibility index (Phi) is 15.0. The van der Waals surface area contributed by atoms with Crippen molar-refractivity contribution in [2.75, 3.05) is 26.2 Å². The van der Waals surface area contributed by atoms with E-state index in [9.17, 15) is 29.8 Å². The van der Waals surface area contributed by atoms with Crippen LogP contribution in [0.1, 0.15) is 57.1 Å². The first-order chi connectivity index (χ1) is 22.7. The smallest absolute Gasteiger partial charge is 0.314 e. The molecule has 6 rings (SSSR count). The van der Waals surface area contributed by atoms with Gasteiger partial charge in [0, 0.05) is 64.5 Å². The standard InChI is InChI=1S/C15H17ClN4O3.C10H11ClN4O2.C5H8O2.CH4/c16-12-5-4-10(8-17-12)9-18-6-7-19-13-3-1-2-11(23-13)14(15(18)19)20(21)22;11-9-2-1-8(5-13-9)6-14-4-3-12-10(14)7-15(16)17;6-4-2-1-3-5-7;/h4-5,8,11,13H,1-3,6-7,9H2;1-2,5,7,12H,3-4,6H2;4-5H,1-3H2;1H4/b;10-7+;;/t11-,13+;;;/m0.../s1. The molecule has 0 spiro atoms. The van der Waals surface area contributed by atoms with Gasteiger partial charge in [-0.15, -0.1) is 0 Å². The Hall–Kier alpha value is -4.34. The molecular formula is C31H40Cl2N8O7. The molecule has 4 aliphatic rings. The summed E-state index contributed by atoms with van der Waals surface area (Å²) in [5.74, 6) is 1.26. The fourth-order valence-electron chi connectivity index (χ4n) is 5.61. The van der Waals surface area contributed by atoms with Crippen LogP contribution in [0.5, 0.6) is 0 Å². The van der Waals surface area contributed by atoms with E-state index in [0.717, 1.165) is 74.6 Å². The first-order valence-corrected chi connectivity index (χ1v) is 15.9. The van der Waals surface area contributed by atoms with Crippen molar-refractivity contribution in [1.82, 2.24) is 30.0 Å². The van der Waals surface area contributed by atoms with Gasteiger partial charge in [0.25, 0.3) is 6.20 Å². The SMILES string of the molecule is C.O=CCCCC=O.O=[N+]([O-])/C=C1\NCCN1Cc1ccc(Cl)nc1.O=[N+]([O-])C1=C2N(Cc3ccc(Cl)nc3)CCN2[C@H]2CCC[C@@H]1O2. The summed E-state index contributed by atoms with van der Waals surface area (Å²) in [5, 5.41) is 25.9. The molecule has 15 nitrogen and oxygen atoms in total. The topological polar surface area (TPSA) is 177 Å². The maximum Gasteiger partial charge on any atom is 0.314 e. The van der Waals surface area contributed by atoms with Crippen molar-refractivity contribution in [3.05, 3.63) is 102 Å². The highest BCUT2D eigenvalue weighted by Crippen LogP contribution is 2.39. The van der Waals surface area contributed by atoms with E-state index in [1.165, 1.54) is 0 Å². The van der Waals surface area contributed by atoms with Crippen LogP contribution in [0.25, 0.3) is 0 Å². The number of hydrogen-bond donors (Lipinski definition) is 1. The number of carbonyl (C=O) groups excluding carboxylic acids is 2. The molecule has 0 aliphatic carbocycles. The zero-order valence-electron chi connectivity index (χ0n) is 25.6. The third-order valence-corrected chi connectivity index (χ3v) is 8.17. The summed E-state index contributed by atoms with van der Waals surface area (Å²) >= 11 is 11.5. The molecule has 2 bridgehead atoms. The molecule has 0 unspecified atom stereocenters. The van der Waals surface area contributed by atoms with Gasteiger partial charge in [0.05, 0.1) is 9.85 Å². The van der Waals surface area contributed by atoms with Gasteiger partial charge >= 0.3 is 5.70 Å². The molecule has 3 saturated heterocycles. The van der Waals surface area contributed by atoms with Crippen molar-refractivity contribution in [3.63, 3.8) is 0 Å². The van der Waals surface area contributed by atoms with Crippen molar-refractivity contribution in [3.8, 4) is 0 Å². The lowest BCUT2D eigenvalue weighted by molar-refractivity contribution is -0.448. The molecular weight excluding hydrogens is 667 g/mol. The summed E-state index contributed by atoms with van der Waals surface area (Å²) in [7, 11) is 0. The van der Waals surface area contributed by atoms with Gasteiger partial charge in [-0.3, -0.25) is 20.2 Å². The van der Waals surface area contributed by atoms with Gasteiger partial charge in [-0.2, -0.15) is 0 Å². The molecule has 1 N–H and O–H groups in total. The summed E-state index contributed by atoms with van der Waals surface area (Å²) in [5.41, 5.74) is 2.16. The number of halogens is 2. The second kappa shape index (κ2) is 18.9. The predicted molar refractivity (Wildman–Crippen MR) is 178 cm³/mol. The van der Waals surface area contributed by atoms with Crippen LogP contribution in [0, 0.1) is 20.2 Å². The molecule has 4 aliphatic heterocycles. The molecule has 48 heavy (non-hydrogen) atoms. The first kappa shape index (κ1) is 38.1. The quantitative estimate of drug-likeness (QED) is 0.119. The fourth-order valence-corrected chi connectivity index (χ4v) is 5.83. The number of pyridine rings is 2. The molecule has 2 aromatic rings. The number of unbranched alkanes of at least 4 members (excludes halogenated alkanes) is 2. The van der Waals surface area contributed by atoms with Crippen molar-refractivity contribution in [2.24, 2.45) is 0 Å². The number of rotatable bonds is 10. The zero-order valence-corrected chi connectivity index (χ0v) is 27.1. The lowest BCUT2D eigenvalue weighted by Gasteiger charge is -2.41. The molecule has 2 atom stereocenters. The fraction of sp³-hybridized carbons (Fsp3) is 0.484. The minimum atomic E-state index is -0.458. The molecule has 260 valence electrons. The zero-order chi connectivity index (χ0) is 33.8. The van der Waals surface area contributed by atoms with Crippen LogP contribution in [0.3, 0.4) is 0 Å². The van der Waals surface area contributed by atoms with Crippen LogP contribution in [-0.4, -0.2) is 85.6 Å². The number of aldehydes is 2. The van der Waals surface area contributed by atoms with E-state index >= 15 is 0 Å². The van der Waals surface area contributed by atoms with E-state index in [-0.39, 0.29) is 30.4 Å². The van der Waals surface area contributed by atoms with E-state index in [2.05, 4.69) is 25.1 Å². The number of fused-ring (bicyclic) bond motifs is 4. The monoisotopic (exact) mass is 706 g/mol. The van der Waals surface area contributed by atoms with Crippen molar-refractivity contribution in [2.45, 2.75) is 71.4 Å². The molecule has 0 radical (unpaired) electrons. The second-order valence-corrected chi connectivity index (χ2v) is 11.8. The highest BCUT2D eigenvalue weighted by atomic mass is 35.5. The van der Waals surface area contributed by atoms with Gasteiger partial charge in [0.1, 0.15) is 29.1 Å². The Morgan fingerprint density at radius 3 is 2.08 bits per heavy atom. The summed E-state index contributed by atoms with van der Waals surface area (Å²) in [4.78, 5) is 54.5. The van der Waals surface area contributed by atoms with Crippen LogP contribution in [0.2, 0.25) is 10.3 Å². The van der Waals surface area contributed by atoms with Crippen LogP contribution in [0.4, 0.5) is 0 Å². The van der Waals surface area contributed by atoms with Crippen molar-refractivity contribution < 1.29 is 24.2 Å². The highest BCUT2D eigenvalue weighted by molar-refractivity contribution is 6.29. The molecule has 2 aromatic heterocycles. The number of nitrogens with one attached hydrogen (secondary N) is 1. The number of nitro groups is 2. The molecule has 0 aromatic carbocycles. The molecule has 17 heteroatoms. The maximum absolute atomic E-state index is 11.6. The lowest BCUT2D eigenvalue weighted by atomic mass is 10.0. The maximum atomic E-state index is 11.6. The summed E-state index contributed by atoms with van der Waals surface area (Å²) < 4.78 is 5.89. The predicted octanol–water partition coefficient (Wildman–Crippen LogP) is 4.61. The summed E-state index contributed by atoms with van der Waals surface area (Å²) in [6.45, 7) is 4.12. The Morgan fingerprint density at radius 1 is 0.917 bits per heavy atom. The first-order valence-electron chi connectivity index (χ1n) is 15.2. The van der Waals surface area contributed by atoms with Gasteiger partial charge in [0.2, 0.25) is 0 Å². The molecule has 3 fully saturated rings. The van der Waals surface area contributed by atoms with E-state index in [0.29, 0.717) is 55.0 Å². The number of hydrogen-bond acceptors (Lipinski definition) is 13. The van der Waals surface area contributed by atoms with E-state index in [4.69, 9.17) is 27.9 Å². The number of nitrogens with zero attached hydrogens (tertiary/aromatic N) is 7. The highest BCUT2D eigenvalue weighted by Gasteiger charge is 2.48. The molecule has 0 saturated carbocycles. The average molecular weight is 708 g/mol. The van der Waals surface area contributed by atoms with Crippen LogP contribution in [0.15, 0.2) is 60.2 Å². The van der Waals surface area contributed by atoms with Gasteiger partial charge < -0.3 is 34.3 Å². The third-order valence-electron chi connectivity index (χ3n) is 7.72. The van der Waals surface area contributed by atoms with Gasteiger partial charge in [-0.25, -0.2) is 9.97 Å². The summed E-state index contributed by atoms with van der Waals surface area (Å²) in [6.07, 6.45) is 9.95. The second-order valence-electron chi connectivity index (χ2n) is 11.0. The van der Waals surface area contributed by atoms with Crippen LogP contribution < -0.4 is 5.32 Å². The number of carbonyl (C=O) groups is 2. The largest absolute Gasteiger partial charge is 0.365 e. The minimum Gasteiger partial charge on any atom is -0.365 e. The molecule has 6 heterocycles. The molecule has 0 amide bonds. The van der Waals surface area contributed by atoms with E-state index < -0.39 is 4.92 Å². The van der Waals surface area contributed by atoms with Gasteiger partial charge in [-0.05, 0) is 48.9 Å². The average Bonchev–Trinajstić information content (AvgIpc) is 3.67. The Labute approximate surface area is 288 Å². The van der Waals surface area contributed by atoms with Crippen LogP contribution >= 0.6 is 23.2 Å². The minimum absolute atomic E-state index is 0. The normalized spacial score (nSPS) is 20.0. The Morgan fingerprint density at radius 2 is 1.54 bits per heavy atom. The lowest BCUT2D eigenvalue weighted by Crippen LogP contribution is -2.48. The van der Waals surface area contributed by atoms with Gasteiger partial charge in [-0.1, -0.05) is 42.8 Å². The van der Waals surface area contributed by atoms with Crippen LogP contribution in [-0.2, 0) is 27.4 Å². The summed E-state index contributed by atoms with van der Waals surface area (Å²) in [6, 6.07) is 7.21. The Bertz CT molecular complexity index is 1450. The van der Waals surface area contributed by atoms with E-state index in [1.807, 2.05) is 17.0 Å². The van der Waals surface area contributed by atoms with Crippen molar-refractivity contribution >= 4 is 35.8 Å². The Balaban J connectivity index is 0.000000221. The third kappa shape index (κ3) is 10.6. The number of ether oxygens (including phenoxy) is 1. The number of aromatic nitrogens is 2. The van der Waals surface area contributed by atoms with Crippen molar-refractivity contribution in [1.29, 1.82) is 0 Å².